The van der Waals surface area contributed by atoms with Gasteiger partial charge in [0.15, 0.2) is 0 Å². The molecular weight excluding hydrogens is 204 g/mol. The third-order valence-electron chi connectivity index (χ3n) is 1.72. The van der Waals surface area contributed by atoms with Gasteiger partial charge < -0.3 is 9.84 Å². The molecule has 0 aliphatic heterocycles. The van der Waals surface area contributed by atoms with Crippen LogP contribution in [0.3, 0.4) is 0 Å². The molecule has 3 nitrogen and oxygen atoms in total. The molecule has 76 valence electrons. The third kappa shape index (κ3) is 3.26. The van der Waals surface area contributed by atoms with Crippen molar-refractivity contribution >= 4 is 17.6 Å². The largest absolute Gasteiger partial charge is 0.493 e. The van der Waals surface area contributed by atoms with Crippen molar-refractivity contribution in [3.8, 4) is 5.75 Å². The van der Waals surface area contributed by atoms with E-state index in [0.717, 1.165) is 0 Å². The van der Waals surface area contributed by atoms with E-state index in [1.807, 2.05) is 0 Å². The Bertz CT molecular complexity index is 325. The van der Waals surface area contributed by atoms with Crippen LogP contribution in [0.5, 0.6) is 5.75 Å². The van der Waals surface area contributed by atoms with Crippen LogP contribution >= 0.6 is 11.6 Å². The Morgan fingerprint density at radius 2 is 2.36 bits per heavy atom. The van der Waals surface area contributed by atoms with Crippen molar-refractivity contribution in [1.82, 2.24) is 0 Å². The highest BCUT2D eigenvalue weighted by Crippen LogP contribution is 2.17. The first-order chi connectivity index (χ1) is 6.59. The molecule has 4 heteroatoms. The lowest BCUT2D eigenvalue weighted by atomic mass is 10.2. The maximum Gasteiger partial charge on any atom is 0.309 e. The van der Waals surface area contributed by atoms with E-state index in [2.05, 4.69) is 0 Å². The fourth-order valence-electron chi connectivity index (χ4n) is 0.849. The topological polar surface area (TPSA) is 46.5 Å². The predicted molar refractivity (Wildman–Crippen MR) is 53.7 cm³/mol. The minimum absolute atomic E-state index is 0.148. The summed E-state index contributed by atoms with van der Waals surface area (Å²) in [6, 6.07) is 6.87. The number of rotatable bonds is 4. The SMILES string of the molecule is C[C@@H](COc1cccc(Cl)c1)C(=O)O. The molecule has 0 unspecified atom stereocenters. The van der Waals surface area contributed by atoms with E-state index in [4.69, 9.17) is 21.4 Å². The molecule has 0 saturated carbocycles. The second-order valence-electron chi connectivity index (χ2n) is 3.01. The molecule has 1 aromatic carbocycles. The van der Waals surface area contributed by atoms with Crippen LogP contribution in [0.2, 0.25) is 5.02 Å². The number of carboxylic acids is 1. The van der Waals surface area contributed by atoms with Crippen molar-refractivity contribution in [1.29, 1.82) is 0 Å². The smallest absolute Gasteiger partial charge is 0.309 e. The van der Waals surface area contributed by atoms with E-state index in [9.17, 15) is 4.79 Å². The Hall–Kier alpha value is -1.22. The molecule has 1 N–H and O–H groups in total. The molecule has 0 aliphatic carbocycles. The summed E-state index contributed by atoms with van der Waals surface area (Å²) in [7, 11) is 0. The lowest BCUT2D eigenvalue weighted by Gasteiger charge is -2.08. The van der Waals surface area contributed by atoms with Crippen molar-refractivity contribution in [3.63, 3.8) is 0 Å². The molecule has 0 spiro atoms. The van der Waals surface area contributed by atoms with Gasteiger partial charge in [0.2, 0.25) is 0 Å². The van der Waals surface area contributed by atoms with Gasteiger partial charge in [0.1, 0.15) is 12.4 Å². The van der Waals surface area contributed by atoms with E-state index >= 15 is 0 Å². The van der Waals surface area contributed by atoms with Crippen LogP contribution in [0.15, 0.2) is 24.3 Å². The number of carbonyl (C=O) groups is 1. The Balaban J connectivity index is 2.49. The second-order valence-corrected chi connectivity index (χ2v) is 3.44. The predicted octanol–water partition coefficient (Wildman–Crippen LogP) is 2.44. The summed E-state index contributed by atoms with van der Waals surface area (Å²) < 4.78 is 5.24. The minimum Gasteiger partial charge on any atom is -0.493 e. The van der Waals surface area contributed by atoms with Gasteiger partial charge in [-0.15, -0.1) is 0 Å². The van der Waals surface area contributed by atoms with Crippen LogP contribution < -0.4 is 4.74 Å². The van der Waals surface area contributed by atoms with Gasteiger partial charge in [-0.1, -0.05) is 17.7 Å². The highest BCUT2D eigenvalue weighted by molar-refractivity contribution is 6.30. The zero-order valence-corrected chi connectivity index (χ0v) is 8.49. The number of hydrogen-bond donors (Lipinski definition) is 1. The minimum atomic E-state index is -0.868. The van der Waals surface area contributed by atoms with Gasteiger partial charge >= 0.3 is 5.97 Å². The number of ether oxygens (including phenoxy) is 1. The molecule has 14 heavy (non-hydrogen) atoms. The van der Waals surface area contributed by atoms with Gasteiger partial charge in [-0.3, -0.25) is 4.79 Å². The lowest BCUT2D eigenvalue weighted by molar-refractivity contribution is -0.142. The first kappa shape index (κ1) is 10.9. The summed E-state index contributed by atoms with van der Waals surface area (Å²) in [5, 5.41) is 9.18. The molecule has 0 saturated heterocycles. The summed E-state index contributed by atoms with van der Waals surface area (Å²) in [5.41, 5.74) is 0. The molecule has 0 fully saturated rings. The quantitative estimate of drug-likeness (QED) is 0.838. The van der Waals surface area contributed by atoms with Crippen LogP contribution in [0.25, 0.3) is 0 Å². The van der Waals surface area contributed by atoms with Gasteiger partial charge in [0.05, 0.1) is 5.92 Å². The lowest BCUT2D eigenvalue weighted by Crippen LogP contribution is -2.17. The number of halogens is 1. The van der Waals surface area contributed by atoms with Gasteiger partial charge in [-0.25, -0.2) is 0 Å². The third-order valence-corrected chi connectivity index (χ3v) is 1.95. The molecule has 1 aromatic rings. The summed E-state index contributed by atoms with van der Waals surface area (Å²) in [6.45, 7) is 1.74. The van der Waals surface area contributed by atoms with Gasteiger partial charge in [-0.2, -0.15) is 0 Å². The van der Waals surface area contributed by atoms with Crippen molar-refractivity contribution in [2.75, 3.05) is 6.61 Å². The Morgan fingerprint density at radius 3 is 2.93 bits per heavy atom. The average molecular weight is 215 g/mol. The fourth-order valence-corrected chi connectivity index (χ4v) is 1.03. The average Bonchev–Trinajstić information content (AvgIpc) is 2.14. The molecule has 1 atom stereocenters. The van der Waals surface area contributed by atoms with Gasteiger partial charge in [-0.05, 0) is 25.1 Å². The Kier molecular flexibility index (Phi) is 3.77. The maximum atomic E-state index is 10.5. The molecule has 0 amide bonds. The molecule has 0 radical (unpaired) electrons. The highest BCUT2D eigenvalue weighted by Gasteiger charge is 2.11. The zero-order chi connectivity index (χ0) is 10.6. The van der Waals surface area contributed by atoms with E-state index < -0.39 is 11.9 Å². The molecular formula is C10H11ClO3. The number of aliphatic carboxylic acids is 1. The van der Waals surface area contributed by atoms with Crippen molar-refractivity contribution in [2.45, 2.75) is 6.92 Å². The summed E-state index contributed by atoms with van der Waals surface area (Å²) in [6.07, 6.45) is 0. The van der Waals surface area contributed by atoms with E-state index in [0.29, 0.717) is 10.8 Å². The highest BCUT2D eigenvalue weighted by atomic mass is 35.5. The normalized spacial score (nSPS) is 12.1. The Labute approximate surface area is 87.3 Å². The van der Waals surface area contributed by atoms with Crippen molar-refractivity contribution in [3.05, 3.63) is 29.3 Å². The van der Waals surface area contributed by atoms with Crippen LogP contribution in [0, 0.1) is 5.92 Å². The van der Waals surface area contributed by atoms with E-state index in [1.165, 1.54) is 0 Å². The first-order valence-corrected chi connectivity index (χ1v) is 4.58. The zero-order valence-electron chi connectivity index (χ0n) is 7.74. The first-order valence-electron chi connectivity index (χ1n) is 4.21. The number of hydrogen-bond acceptors (Lipinski definition) is 2. The second kappa shape index (κ2) is 4.86. The monoisotopic (exact) mass is 214 g/mol. The summed E-state index contributed by atoms with van der Waals surface area (Å²) in [5.74, 6) is -0.799. The number of carboxylic acid groups (broad SMARTS) is 1. The molecule has 1 rings (SSSR count). The summed E-state index contributed by atoms with van der Waals surface area (Å²) >= 11 is 5.73. The van der Waals surface area contributed by atoms with Crippen LogP contribution in [-0.4, -0.2) is 17.7 Å². The standard InChI is InChI=1S/C10H11ClO3/c1-7(10(12)13)6-14-9-4-2-3-8(11)5-9/h2-5,7H,6H2,1H3,(H,12,13)/t7-/m0/s1. The number of benzene rings is 1. The van der Waals surface area contributed by atoms with Gasteiger partial charge in [0.25, 0.3) is 0 Å². The van der Waals surface area contributed by atoms with Crippen molar-refractivity contribution < 1.29 is 14.6 Å². The molecule has 0 bridgehead atoms. The Morgan fingerprint density at radius 1 is 1.64 bits per heavy atom. The van der Waals surface area contributed by atoms with Crippen molar-refractivity contribution in [2.24, 2.45) is 5.92 Å². The summed E-state index contributed by atoms with van der Waals surface area (Å²) in [4.78, 5) is 10.5. The molecule has 0 aliphatic rings. The fraction of sp³-hybridized carbons (Fsp3) is 0.300. The molecule has 0 heterocycles. The van der Waals surface area contributed by atoms with Crippen LogP contribution in [0.1, 0.15) is 6.92 Å². The molecule has 0 aromatic heterocycles. The van der Waals surface area contributed by atoms with Gasteiger partial charge in [0, 0.05) is 5.02 Å². The van der Waals surface area contributed by atoms with E-state index in [1.54, 1.807) is 31.2 Å². The van der Waals surface area contributed by atoms with Crippen LogP contribution in [-0.2, 0) is 4.79 Å². The van der Waals surface area contributed by atoms with E-state index in [-0.39, 0.29) is 6.61 Å². The van der Waals surface area contributed by atoms with Crippen LogP contribution in [0.4, 0.5) is 0 Å². The maximum absolute atomic E-state index is 10.5.